The van der Waals surface area contributed by atoms with Crippen LogP contribution in [0.4, 0.5) is 23.8 Å². The van der Waals surface area contributed by atoms with Crippen molar-refractivity contribution in [1.29, 1.82) is 0 Å². The third-order valence-electron chi connectivity index (χ3n) is 4.12. The van der Waals surface area contributed by atoms with Gasteiger partial charge in [0.25, 0.3) is 0 Å². The van der Waals surface area contributed by atoms with Gasteiger partial charge in [0.05, 0.1) is 0 Å². The van der Waals surface area contributed by atoms with E-state index >= 15 is 0 Å². The van der Waals surface area contributed by atoms with Gasteiger partial charge in [-0.25, -0.2) is 13.2 Å². The highest BCUT2D eigenvalue weighted by atomic mass is 32.2. The first-order valence-electron chi connectivity index (χ1n) is 8.03. The molecule has 0 spiro atoms. The predicted octanol–water partition coefficient (Wildman–Crippen LogP) is 1.84. The zero-order valence-electron chi connectivity index (χ0n) is 14.8. The summed E-state index contributed by atoms with van der Waals surface area (Å²) in [5.41, 5.74) is -1.03. The normalized spacial score (nSPS) is 16.4. The SMILES string of the molecule is Cc1noc(C)c1S(=O)(=O)N1CCN(C(=O)Nc2cc(C(F)(F)F)no2)CC1. The standard InChI is InChI=1S/C14H16F3N5O5S/c1-8-12(9(2)26-19-8)28(24,25)22-5-3-21(4-6-22)13(23)18-11-7-10(20-27-11)14(15,16)17/h7H,3-6H2,1-2H3,(H,18,23). The van der Waals surface area contributed by atoms with Gasteiger partial charge in [-0.3, -0.25) is 5.32 Å². The number of hydrogen-bond acceptors (Lipinski definition) is 7. The van der Waals surface area contributed by atoms with Crippen molar-refractivity contribution < 1.29 is 35.4 Å². The Balaban J connectivity index is 1.62. The van der Waals surface area contributed by atoms with Crippen LogP contribution < -0.4 is 5.32 Å². The number of piperazine rings is 1. The third-order valence-corrected chi connectivity index (χ3v) is 6.27. The molecule has 1 fully saturated rings. The average Bonchev–Trinajstić information content (AvgIpc) is 3.21. The predicted molar refractivity (Wildman–Crippen MR) is 86.8 cm³/mol. The Morgan fingerprint density at radius 3 is 2.29 bits per heavy atom. The number of nitrogens with one attached hydrogen (secondary N) is 1. The highest BCUT2D eigenvalue weighted by Crippen LogP contribution is 2.30. The molecule has 0 aromatic carbocycles. The van der Waals surface area contributed by atoms with Gasteiger partial charge in [0.15, 0.2) is 11.5 Å². The van der Waals surface area contributed by atoms with E-state index in [0.717, 1.165) is 0 Å². The fraction of sp³-hybridized carbons (Fsp3) is 0.500. The van der Waals surface area contributed by atoms with E-state index in [9.17, 15) is 26.4 Å². The lowest BCUT2D eigenvalue weighted by atomic mass is 10.4. The van der Waals surface area contributed by atoms with Crippen molar-refractivity contribution in [3.63, 3.8) is 0 Å². The molecule has 0 bridgehead atoms. The number of aromatic nitrogens is 2. The Morgan fingerprint density at radius 1 is 1.14 bits per heavy atom. The van der Waals surface area contributed by atoms with Crippen LogP contribution in [0.5, 0.6) is 0 Å². The second-order valence-electron chi connectivity index (χ2n) is 6.05. The molecule has 1 N–H and O–H groups in total. The zero-order valence-corrected chi connectivity index (χ0v) is 15.6. The van der Waals surface area contributed by atoms with Gasteiger partial charge in [-0.2, -0.15) is 17.5 Å². The summed E-state index contributed by atoms with van der Waals surface area (Å²) in [6, 6.07) is -0.157. The van der Waals surface area contributed by atoms with E-state index in [1.54, 1.807) is 0 Å². The number of sulfonamides is 1. The molecule has 0 aliphatic carbocycles. The van der Waals surface area contributed by atoms with Crippen molar-refractivity contribution in [2.24, 2.45) is 0 Å². The Labute approximate surface area is 157 Å². The summed E-state index contributed by atoms with van der Waals surface area (Å²) in [4.78, 5) is 13.4. The number of halogens is 3. The molecule has 3 heterocycles. The number of urea groups is 1. The minimum Gasteiger partial charge on any atom is -0.360 e. The summed E-state index contributed by atoms with van der Waals surface area (Å²) in [7, 11) is -3.84. The Morgan fingerprint density at radius 2 is 1.79 bits per heavy atom. The maximum atomic E-state index is 12.7. The number of hydrogen-bond donors (Lipinski definition) is 1. The van der Waals surface area contributed by atoms with E-state index in [2.05, 4.69) is 20.2 Å². The van der Waals surface area contributed by atoms with Crippen LogP contribution in [0.1, 0.15) is 17.1 Å². The van der Waals surface area contributed by atoms with Crippen LogP contribution in [-0.2, 0) is 16.2 Å². The van der Waals surface area contributed by atoms with Crippen LogP contribution in [0, 0.1) is 13.8 Å². The first-order valence-corrected chi connectivity index (χ1v) is 9.47. The molecule has 28 heavy (non-hydrogen) atoms. The van der Waals surface area contributed by atoms with Crippen molar-refractivity contribution in [1.82, 2.24) is 19.5 Å². The quantitative estimate of drug-likeness (QED) is 0.799. The number of nitrogens with zero attached hydrogens (tertiary/aromatic N) is 4. The molecule has 14 heteroatoms. The molecule has 10 nitrogen and oxygen atoms in total. The smallest absolute Gasteiger partial charge is 0.360 e. The van der Waals surface area contributed by atoms with Crippen molar-refractivity contribution in [3.05, 3.63) is 23.2 Å². The van der Waals surface area contributed by atoms with Gasteiger partial charge in [0.1, 0.15) is 10.6 Å². The number of aryl methyl sites for hydroxylation is 2. The highest BCUT2D eigenvalue weighted by Gasteiger charge is 2.36. The summed E-state index contributed by atoms with van der Waals surface area (Å²) < 4.78 is 73.5. The lowest BCUT2D eigenvalue weighted by Crippen LogP contribution is -2.51. The summed E-state index contributed by atoms with van der Waals surface area (Å²) in [6.07, 6.45) is -4.69. The lowest BCUT2D eigenvalue weighted by molar-refractivity contribution is -0.142. The number of anilines is 1. The van der Waals surface area contributed by atoms with E-state index < -0.39 is 33.8 Å². The molecule has 3 rings (SSSR count). The van der Waals surface area contributed by atoms with Gasteiger partial charge >= 0.3 is 12.2 Å². The van der Waals surface area contributed by atoms with Gasteiger partial charge in [0.2, 0.25) is 15.9 Å². The summed E-state index contributed by atoms with van der Waals surface area (Å²) >= 11 is 0. The first kappa shape index (κ1) is 20.1. The molecular weight excluding hydrogens is 407 g/mol. The molecule has 0 saturated carbocycles. The number of alkyl halides is 3. The fourth-order valence-corrected chi connectivity index (χ4v) is 4.47. The van der Waals surface area contributed by atoms with Crippen molar-refractivity contribution >= 4 is 21.9 Å². The van der Waals surface area contributed by atoms with Crippen LogP contribution in [0.2, 0.25) is 0 Å². The van der Waals surface area contributed by atoms with Crippen molar-refractivity contribution in [3.8, 4) is 0 Å². The van der Waals surface area contributed by atoms with Gasteiger partial charge < -0.3 is 13.9 Å². The Bertz CT molecular complexity index is 956. The number of amides is 2. The number of carbonyl (C=O) groups excluding carboxylic acids is 1. The molecule has 154 valence electrons. The van der Waals surface area contributed by atoms with Crippen LogP contribution in [0.25, 0.3) is 0 Å². The van der Waals surface area contributed by atoms with E-state index in [-0.39, 0.29) is 42.5 Å². The van der Waals surface area contributed by atoms with Gasteiger partial charge in [0, 0.05) is 32.2 Å². The topological polar surface area (TPSA) is 122 Å². The molecule has 0 radical (unpaired) electrons. The number of rotatable bonds is 3. The van der Waals surface area contributed by atoms with E-state index in [1.807, 2.05) is 0 Å². The van der Waals surface area contributed by atoms with E-state index in [0.29, 0.717) is 6.07 Å². The van der Waals surface area contributed by atoms with Crippen molar-refractivity contribution in [2.45, 2.75) is 24.9 Å². The van der Waals surface area contributed by atoms with Crippen LogP contribution in [0.15, 0.2) is 20.0 Å². The molecule has 2 amide bonds. The minimum atomic E-state index is -4.69. The summed E-state index contributed by atoms with van der Waals surface area (Å²) in [6.45, 7) is 3.08. The molecule has 0 unspecified atom stereocenters. The number of carbonyl (C=O) groups is 1. The molecule has 0 atom stereocenters. The summed E-state index contributed by atoms with van der Waals surface area (Å²) in [5, 5.41) is 8.64. The minimum absolute atomic E-state index is 0.00399. The molecular formula is C14H16F3N5O5S. The second kappa shape index (κ2) is 7.09. The molecule has 1 aliphatic heterocycles. The van der Waals surface area contributed by atoms with Crippen LogP contribution >= 0.6 is 0 Å². The monoisotopic (exact) mass is 423 g/mol. The van der Waals surface area contributed by atoms with Crippen LogP contribution in [0.3, 0.4) is 0 Å². The molecule has 1 aliphatic rings. The lowest BCUT2D eigenvalue weighted by Gasteiger charge is -2.33. The van der Waals surface area contributed by atoms with Gasteiger partial charge in [-0.05, 0) is 13.8 Å². The molecule has 2 aromatic heterocycles. The highest BCUT2D eigenvalue weighted by molar-refractivity contribution is 7.89. The van der Waals surface area contributed by atoms with E-state index in [1.165, 1.54) is 23.1 Å². The third kappa shape index (κ3) is 3.82. The fourth-order valence-electron chi connectivity index (χ4n) is 2.76. The maximum Gasteiger partial charge on any atom is 0.436 e. The first-order chi connectivity index (χ1) is 13.0. The Kier molecular flexibility index (Phi) is 5.10. The van der Waals surface area contributed by atoms with Crippen molar-refractivity contribution in [2.75, 3.05) is 31.5 Å². The van der Waals surface area contributed by atoms with Gasteiger partial charge in [-0.15, -0.1) is 0 Å². The van der Waals surface area contributed by atoms with E-state index in [4.69, 9.17) is 4.52 Å². The molecule has 1 saturated heterocycles. The van der Waals surface area contributed by atoms with Gasteiger partial charge in [-0.1, -0.05) is 10.3 Å². The Hall–Kier alpha value is -2.61. The second-order valence-corrected chi connectivity index (χ2v) is 7.92. The largest absolute Gasteiger partial charge is 0.436 e. The van der Waals surface area contributed by atoms with Crippen LogP contribution in [-0.4, -0.2) is 60.1 Å². The molecule has 2 aromatic rings. The maximum absolute atomic E-state index is 12.7. The average molecular weight is 423 g/mol. The summed E-state index contributed by atoms with van der Waals surface area (Å²) in [5.74, 6) is -0.286. The zero-order chi connectivity index (χ0) is 20.7.